The van der Waals surface area contributed by atoms with E-state index >= 15 is 0 Å². The van der Waals surface area contributed by atoms with Crippen LogP contribution in [0.4, 0.5) is 5.82 Å². The summed E-state index contributed by atoms with van der Waals surface area (Å²) in [7, 11) is 0. The second-order valence-corrected chi connectivity index (χ2v) is 4.20. The lowest BCUT2D eigenvalue weighted by atomic mass is 9.99. The van der Waals surface area contributed by atoms with Crippen molar-refractivity contribution in [2.45, 2.75) is 20.3 Å². The number of nitrogen functional groups attached to an aromatic ring is 1. The van der Waals surface area contributed by atoms with Gasteiger partial charge in [-0.2, -0.15) is 0 Å². The normalized spacial score (nSPS) is 10.4. The number of hydrogen-bond donors (Lipinski definition) is 1. The van der Waals surface area contributed by atoms with Crippen molar-refractivity contribution in [2.24, 2.45) is 0 Å². The number of nitrogens with two attached hydrogens (primary N) is 1. The summed E-state index contributed by atoms with van der Waals surface area (Å²) < 4.78 is 0. The Bertz CT molecular complexity index is 504. The van der Waals surface area contributed by atoms with Crippen LogP contribution in [0.1, 0.15) is 22.3 Å². The SMILES string of the molecule is Cc1ccc(Cc2ccnc(N)c2)c(C)c1. The minimum Gasteiger partial charge on any atom is -0.384 e. The maximum Gasteiger partial charge on any atom is 0.123 e. The van der Waals surface area contributed by atoms with E-state index in [2.05, 4.69) is 37.0 Å². The van der Waals surface area contributed by atoms with Gasteiger partial charge < -0.3 is 5.73 Å². The highest BCUT2D eigenvalue weighted by Gasteiger charge is 2.01. The molecule has 0 fully saturated rings. The molecule has 0 amide bonds. The summed E-state index contributed by atoms with van der Waals surface area (Å²) in [6.45, 7) is 4.26. The summed E-state index contributed by atoms with van der Waals surface area (Å²) >= 11 is 0. The molecule has 2 rings (SSSR count). The highest BCUT2D eigenvalue weighted by molar-refractivity contribution is 5.38. The van der Waals surface area contributed by atoms with E-state index < -0.39 is 0 Å². The maximum absolute atomic E-state index is 5.66. The van der Waals surface area contributed by atoms with Crippen molar-refractivity contribution >= 4 is 5.82 Å². The average Bonchev–Trinajstić information content (AvgIpc) is 2.22. The molecular formula is C14H16N2. The molecule has 82 valence electrons. The first-order chi connectivity index (χ1) is 7.65. The molecule has 2 nitrogen and oxygen atoms in total. The predicted octanol–water partition coefficient (Wildman–Crippen LogP) is 2.87. The zero-order valence-corrected chi connectivity index (χ0v) is 9.70. The first-order valence-electron chi connectivity index (χ1n) is 5.41. The minimum atomic E-state index is 0.585. The Morgan fingerprint density at radius 1 is 1.12 bits per heavy atom. The van der Waals surface area contributed by atoms with Gasteiger partial charge in [0.15, 0.2) is 0 Å². The molecule has 2 heteroatoms. The van der Waals surface area contributed by atoms with Gasteiger partial charge in [0.05, 0.1) is 0 Å². The monoisotopic (exact) mass is 212 g/mol. The fraction of sp³-hybridized carbons (Fsp3) is 0.214. The summed E-state index contributed by atoms with van der Waals surface area (Å²) in [6, 6.07) is 10.5. The van der Waals surface area contributed by atoms with Gasteiger partial charge in [-0.1, -0.05) is 23.8 Å². The molecule has 2 N–H and O–H groups in total. The summed E-state index contributed by atoms with van der Waals surface area (Å²) in [6.07, 6.45) is 2.67. The highest BCUT2D eigenvalue weighted by Crippen LogP contribution is 2.16. The first-order valence-corrected chi connectivity index (χ1v) is 5.41. The van der Waals surface area contributed by atoms with E-state index in [0.29, 0.717) is 5.82 Å². The van der Waals surface area contributed by atoms with E-state index in [9.17, 15) is 0 Å². The molecule has 0 bridgehead atoms. The first kappa shape index (κ1) is 10.7. The Labute approximate surface area is 96.1 Å². The Hall–Kier alpha value is -1.83. The van der Waals surface area contributed by atoms with E-state index in [0.717, 1.165) is 6.42 Å². The maximum atomic E-state index is 5.66. The molecule has 0 aliphatic heterocycles. The number of pyridine rings is 1. The Balaban J connectivity index is 2.27. The van der Waals surface area contributed by atoms with E-state index in [-0.39, 0.29) is 0 Å². The molecule has 0 saturated carbocycles. The van der Waals surface area contributed by atoms with E-state index in [1.807, 2.05) is 12.1 Å². The van der Waals surface area contributed by atoms with E-state index in [4.69, 9.17) is 5.73 Å². The zero-order chi connectivity index (χ0) is 11.5. The van der Waals surface area contributed by atoms with Crippen molar-refractivity contribution < 1.29 is 0 Å². The van der Waals surface area contributed by atoms with Crippen molar-refractivity contribution in [3.63, 3.8) is 0 Å². The average molecular weight is 212 g/mol. The highest BCUT2D eigenvalue weighted by atomic mass is 14.8. The van der Waals surface area contributed by atoms with Gasteiger partial charge in [0.1, 0.15) is 5.82 Å². The van der Waals surface area contributed by atoms with Crippen LogP contribution in [0.5, 0.6) is 0 Å². The van der Waals surface area contributed by atoms with Crippen molar-refractivity contribution in [1.82, 2.24) is 4.98 Å². The van der Waals surface area contributed by atoms with Gasteiger partial charge in [-0.25, -0.2) is 4.98 Å². The van der Waals surface area contributed by atoms with Crippen LogP contribution in [-0.2, 0) is 6.42 Å². The minimum absolute atomic E-state index is 0.585. The van der Waals surface area contributed by atoms with Gasteiger partial charge in [0.25, 0.3) is 0 Å². The molecule has 2 aromatic rings. The summed E-state index contributed by atoms with van der Waals surface area (Å²) in [4.78, 5) is 4.00. The molecule has 1 aromatic carbocycles. The molecule has 0 unspecified atom stereocenters. The number of nitrogens with zero attached hydrogens (tertiary/aromatic N) is 1. The molecule has 0 aliphatic carbocycles. The van der Waals surface area contributed by atoms with Gasteiger partial charge in [-0.3, -0.25) is 0 Å². The van der Waals surface area contributed by atoms with Crippen LogP contribution in [0.2, 0.25) is 0 Å². The fourth-order valence-corrected chi connectivity index (χ4v) is 1.87. The van der Waals surface area contributed by atoms with Crippen LogP contribution in [0.3, 0.4) is 0 Å². The van der Waals surface area contributed by atoms with Gasteiger partial charge >= 0.3 is 0 Å². The molecular weight excluding hydrogens is 196 g/mol. The molecule has 1 aromatic heterocycles. The fourth-order valence-electron chi connectivity index (χ4n) is 1.87. The van der Waals surface area contributed by atoms with Crippen molar-refractivity contribution in [3.8, 4) is 0 Å². The number of anilines is 1. The molecule has 0 aliphatic rings. The third-order valence-electron chi connectivity index (χ3n) is 2.74. The van der Waals surface area contributed by atoms with Crippen LogP contribution >= 0.6 is 0 Å². The second kappa shape index (κ2) is 4.35. The number of aromatic nitrogens is 1. The van der Waals surface area contributed by atoms with E-state index in [1.165, 1.54) is 22.3 Å². The molecule has 0 atom stereocenters. The Morgan fingerprint density at radius 3 is 2.62 bits per heavy atom. The Morgan fingerprint density at radius 2 is 1.94 bits per heavy atom. The number of hydrogen-bond acceptors (Lipinski definition) is 2. The summed E-state index contributed by atoms with van der Waals surface area (Å²) in [5, 5.41) is 0. The van der Waals surface area contributed by atoms with Gasteiger partial charge in [0, 0.05) is 6.20 Å². The topological polar surface area (TPSA) is 38.9 Å². The standard InChI is InChI=1S/C14H16N2/c1-10-3-4-13(11(2)7-10)8-12-5-6-16-14(15)9-12/h3-7,9H,8H2,1-2H3,(H2,15,16). The zero-order valence-electron chi connectivity index (χ0n) is 9.70. The van der Waals surface area contributed by atoms with Gasteiger partial charge in [0.2, 0.25) is 0 Å². The lowest BCUT2D eigenvalue weighted by Gasteiger charge is -2.07. The third-order valence-corrected chi connectivity index (χ3v) is 2.74. The van der Waals surface area contributed by atoms with Crippen molar-refractivity contribution in [2.75, 3.05) is 5.73 Å². The second-order valence-electron chi connectivity index (χ2n) is 4.20. The molecule has 1 heterocycles. The van der Waals surface area contributed by atoms with Crippen molar-refractivity contribution in [1.29, 1.82) is 0 Å². The van der Waals surface area contributed by atoms with Crippen LogP contribution < -0.4 is 5.73 Å². The van der Waals surface area contributed by atoms with Crippen molar-refractivity contribution in [3.05, 3.63) is 58.8 Å². The van der Waals surface area contributed by atoms with Crippen LogP contribution in [0.25, 0.3) is 0 Å². The third kappa shape index (κ3) is 2.40. The van der Waals surface area contributed by atoms with Crippen LogP contribution in [-0.4, -0.2) is 4.98 Å². The molecule has 0 radical (unpaired) electrons. The molecule has 0 saturated heterocycles. The lowest BCUT2D eigenvalue weighted by molar-refractivity contribution is 1.13. The largest absolute Gasteiger partial charge is 0.384 e. The van der Waals surface area contributed by atoms with Gasteiger partial charge in [-0.15, -0.1) is 0 Å². The molecule has 16 heavy (non-hydrogen) atoms. The predicted molar refractivity (Wildman–Crippen MR) is 67.4 cm³/mol. The van der Waals surface area contributed by atoms with Gasteiger partial charge in [-0.05, 0) is 49.1 Å². The number of rotatable bonds is 2. The Kier molecular flexibility index (Phi) is 2.91. The van der Waals surface area contributed by atoms with E-state index in [1.54, 1.807) is 6.20 Å². The van der Waals surface area contributed by atoms with Crippen LogP contribution in [0.15, 0.2) is 36.5 Å². The number of aryl methyl sites for hydroxylation is 2. The summed E-state index contributed by atoms with van der Waals surface area (Å²) in [5.41, 5.74) is 10.8. The molecule has 0 spiro atoms. The lowest BCUT2D eigenvalue weighted by Crippen LogP contribution is -1.95. The summed E-state index contributed by atoms with van der Waals surface area (Å²) in [5.74, 6) is 0.585. The number of benzene rings is 1. The van der Waals surface area contributed by atoms with Crippen LogP contribution in [0, 0.1) is 13.8 Å². The quantitative estimate of drug-likeness (QED) is 0.831. The smallest absolute Gasteiger partial charge is 0.123 e.